The zero-order valence-corrected chi connectivity index (χ0v) is 10.9. The maximum Gasteiger partial charge on any atom is 0.224 e. The molecule has 18 heavy (non-hydrogen) atoms. The second-order valence-electron chi connectivity index (χ2n) is 4.27. The van der Waals surface area contributed by atoms with Gasteiger partial charge in [0.15, 0.2) is 0 Å². The summed E-state index contributed by atoms with van der Waals surface area (Å²) < 4.78 is 0. The first-order valence-corrected chi connectivity index (χ1v) is 6.03. The summed E-state index contributed by atoms with van der Waals surface area (Å²) in [6.07, 6.45) is 0.484. The number of nitrogens with zero attached hydrogens (tertiary/aromatic N) is 1. The molecule has 0 aliphatic heterocycles. The number of rotatable bonds is 3. The van der Waals surface area contributed by atoms with Crippen molar-refractivity contribution in [2.75, 3.05) is 5.32 Å². The van der Waals surface area contributed by atoms with E-state index in [4.69, 9.17) is 0 Å². The van der Waals surface area contributed by atoms with Crippen molar-refractivity contribution in [2.45, 2.75) is 27.2 Å². The molecule has 0 saturated heterocycles. The number of carbonyl (C=O) groups excluding carboxylic acids is 1. The molecule has 0 unspecified atom stereocenters. The van der Waals surface area contributed by atoms with Gasteiger partial charge in [-0.1, -0.05) is 6.92 Å². The van der Waals surface area contributed by atoms with E-state index in [2.05, 4.69) is 15.3 Å². The topological polar surface area (TPSA) is 57.8 Å². The van der Waals surface area contributed by atoms with E-state index in [-0.39, 0.29) is 5.91 Å². The van der Waals surface area contributed by atoms with E-state index < -0.39 is 0 Å². The van der Waals surface area contributed by atoms with Crippen LogP contribution in [0.4, 0.5) is 5.69 Å². The number of benzene rings is 1. The van der Waals surface area contributed by atoms with Crippen molar-refractivity contribution in [3.05, 3.63) is 35.7 Å². The maximum atomic E-state index is 11.3. The molecule has 4 heteroatoms. The predicted octanol–water partition coefficient (Wildman–Crippen LogP) is 3.04. The van der Waals surface area contributed by atoms with E-state index in [1.165, 1.54) is 0 Å². The monoisotopic (exact) mass is 243 g/mol. The fraction of sp³-hybridized carbons (Fsp3) is 0.286. The summed E-state index contributed by atoms with van der Waals surface area (Å²) in [5.41, 5.74) is 3.91. The Morgan fingerprint density at radius 3 is 2.44 bits per heavy atom. The van der Waals surface area contributed by atoms with Gasteiger partial charge in [-0.15, -0.1) is 0 Å². The molecule has 1 aromatic heterocycles. The van der Waals surface area contributed by atoms with Gasteiger partial charge in [-0.2, -0.15) is 0 Å². The van der Waals surface area contributed by atoms with Gasteiger partial charge < -0.3 is 10.3 Å². The fourth-order valence-corrected chi connectivity index (χ4v) is 1.65. The minimum atomic E-state index is 0.0208. The van der Waals surface area contributed by atoms with Gasteiger partial charge in [-0.05, 0) is 38.1 Å². The molecule has 1 aromatic carbocycles. The zero-order chi connectivity index (χ0) is 13.1. The van der Waals surface area contributed by atoms with E-state index in [0.29, 0.717) is 6.42 Å². The molecule has 2 N–H and O–H groups in total. The number of hydrogen-bond donors (Lipinski definition) is 2. The fourth-order valence-electron chi connectivity index (χ4n) is 1.65. The Labute approximate surface area is 106 Å². The van der Waals surface area contributed by atoms with Crippen molar-refractivity contribution in [2.24, 2.45) is 0 Å². The molecule has 4 nitrogen and oxygen atoms in total. The molecule has 0 radical (unpaired) electrons. The van der Waals surface area contributed by atoms with Crippen LogP contribution in [0.1, 0.15) is 24.7 Å². The summed E-state index contributed by atoms with van der Waals surface area (Å²) in [4.78, 5) is 18.9. The number of anilines is 1. The SMILES string of the molecule is CCC(=O)Nc1ccc(-c2nc(C)c(C)[nH]2)cc1. The van der Waals surface area contributed by atoms with Crippen LogP contribution in [0.2, 0.25) is 0 Å². The Bertz CT molecular complexity index is 535. The molecule has 1 heterocycles. The quantitative estimate of drug-likeness (QED) is 0.870. The number of imidazole rings is 1. The third kappa shape index (κ3) is 2.59. The second kappa shape index (κ2) is 5.04. The van der Waals surface area contributed by atoms with Crippen LogP contribution in [0.15, 0.2) is 24.3 Å². The summed E-state index contributed by atoms with van der Waals surface area (Å²) in [5, 5.41) is 2.82. The number of aryl methyl sites for hydroxylation is 2. The van der Waals surface area contributed by atoms with E-state index >= 15 is 0 Å². The lowest BCUT2D eigenvalue weighted by Crippen LogP contribution is -2.09. The lowest BCUT2D eigenvalue weighted by atomic mass is 10.2. The van der Waals surface area contributed by atoms with Gasteiger partial charge in [0.25, 0.3) is 0 Å². The largest absolute Gasteiger partial charge is 0.342 e. The van der Waals surface area contributed by atoms with Crippen molar-refractivity contribution in [3.63, 3.8) is 0 Å². The molecule has 0 atom stereocenters. The van der Waals surface area contributed by atoms with E-state index in [0.717, 1.165) is 28.5 Å². The average Bonchev–Trinajstić information content (AvgIpc) is 2.70. The maximum absolute atomic E-state index is 11.3. The van der Waals surface area contributed by atoms with Crippen LogP contribution >= 0.6 is 0 Å². The Morgan fingerprint density at radius 2 is 1.94 bits per heavy atom. The number of carbonyl (C=O) groups is 1. The molecule has 0 bridgehead atoms. The molecule has 0 fully saturated rings. The van der Waals surface area contributed by atoms with Crippen molar-refractivity contribution in [3.8, 4) is 11.4 Å². The minimum absolute atomic E-state index is 0.0208. The van der Waals surface area contributed by atoms with Crippen LogP contribution in [0.5, 0.6) is 0 Å². The molecular formula is C14H17N3O. The number of nitrogens with one attached hydrogen (secondary N) is 2. The molecule has 0 spiro atoms. The molecule has 0 saturated carbocycles. The smallest absolute Gasteiger partial charge is 0.224 e. The number of aromatic amines is 1. The van der Waals surface area contributed by atoms with Crippen LogP contribution in [0.25, 0.3) is 11.4 Å². The van der Waals surface area contributed by atoms with Crippen LogP contribution in [-0.4, -0.2) is 15.9 Å². The number of H-pyrrole nitrogens is 1. The summed E-state index contributed by atoms with van der Waals surface area (Å²) in [7, 11) is 0. The summed E-state index contributed by atoms with van der Waals surface area (Å²) in [5.74, 6) is 0.880. The molecule has 0 aliphatic rings. The molecule has 1 amide bonds. The van der Waals surface area contributed by atoms with E-state index in [1.807, 2.05) is 45.0 Å². The highest BCUT2D eigenvalue weighted by Gasteiger charge is 2.05. The van der Waals surface area contributed by atoms with Gasteiger partial charge in [0.1, 0.15) is 5.82 Å². The Kier molecular flexibility index (Phi) is 3.46. The normalized spacial score (nSPS) is 10.4. The van der Waals surface area contributed by atoms with Gasteiger partial charge in [0.2, 0.25) is 5.91 Å². The zero-order valence-electron chi connectivity index (χ0n) is 10.9. The Balaban J connectivity index is 2.19. The third-order valence-corrected chi connectivity index (χ3v) is 2.89. The standard InChI is InChI=1S/C14H17N3O/c1-4-13(18)17-12-7-5-11(6-8-12)14-15-9(2)10(3)16-14/h5-8H,4H2,1-3H3,(H,15,16)(H,17,18). The number of hydrogen-bond acceptors (Lipinski definition) is 2. The first-order valence-electron chi connectivity index (χ1n) is 6.03. The van der Waals surface area contributed by atoms with Gasteiger partial charge in [-0.25, -0.2) is 4.98 Å². The van der Waals surface area contributed by atoms with Gasteiger partial charge >= 0.3 is 0 Å². The minimum Gasteiger partial charge on any atom is -0.342 e. The Morgan fingerprint density at radius 1 is 1.28 bits per heavy atom. The summed E-state index contributed by atoms with van der Waals surface area (Å²) in [6.45, 7) is 5.81. The van der Waals surface area contributed by atoms with Crippen LogP contribution in [-0.2, 0) is 4.79 Å². The number of amides is 1. The van der Waals surface area contributed by atoms with Gasteiger partial charge in [0.05, 0.1) is 5.69 Å². The van der Waals surface area contributed by atoms with Crippen molar-refractivity contribution >= 4 is 11.6 Å². The van der Waals surface area contributed by atoms with Gasteiger partial charge in [-0.3, -0.25) is 4.79 Å². The summed E-state index contributed by atoms with van der Waals surface area (Å²) in [6, 6.07) is 7.66. The summed E-state index contributed by atoms with van der Waals surface area (Å²) >= 11 is 0. The van der Waals surface area contributed by atoms with Gasteiger partial charge in [0, 0.05) is 23.4 Å². The molecule has 94 valence electrons. The van der Waals surface area contributed by atoms with Crippen molar-refractivity contribution in [1.82, 2.24) is 9.97 Å². The first-order chi connectivity index (χ1) is 8.60. The van der Waals surface area contributed by atoms with Crippen molar-refractivity contribution in [1.29, 1.82) is 0 Å². The average molecular weight is 243 g/mol. The molecule has 2 aromatic rings. The lowest BCUT2D eigenvalue weighted by Gasteiger charge is -2.04. The van der Waals surface area contributed by atoms with Crippen LogP contribution in [0.3, 0.4) is 0 Å². The first kappa shape index (κ1) is 12.4. The van der Waals surface area contributed by atoms with E-state index in [9.17, 15) is 4.79 Å². The highest BCUT2D eigenvalue weighted by atomic mass is 16.1. The number of aromatic nitrogens is 2. The highest BCUT2D eigenvalue weighted by Crippen LogP contribution is 2.20. The predicted molar refractivity (Wildman–Crippen MR) is 72.4 cm³/mol. The van der Waals surface area contributed by atoms with Crippen molar-refractivity contribution < 1.29 is 4.79 Å². The van der Waals surface area contributed by atoms with Crippen LogP contribution < -0.4 is 5.32 Å². The lowest BCUT2D eigenvalue weighted by molar-refractivity contribution is -0.115. The Hall–Kier alpha value is -2.10. The molecule has 0 aliphatic carbocycles. The molecular weight excluding hydrogens is 226 g/mol. The second-order valence-corrected chi connectivity index (χ2v) is 4.27. The molecule has 2 rings (SSSR count). The third-order valence-electron chi connectivity index (χ3n) is 2.89. The highest BCUT2D eigenvalue weighted by molar-refractivity contribution is 5.90. The van der Waals surface area contributed by atoms with E-state index in [1.54, 1.807) is 0 Å². The van der Waals surface area contributed by atoms with Crippen LogP contribution in [0, 0.1) is 13.8 Å².